The van der Waals surface area contributed by atoms with Gasteiger partial charge in [-0.05, 0) is 73.5 Å². The van der Waals surface area contributed by atoms with Crippen LogP contribution in [0.3, 0.4) is 0 Å². The van der Waals surface area contributed by atoms with Crippen LogP contribution in [0.1, 0.15) is 83.1 Å². The fourth-order valence-electron chi connectivity index (χ4n) is 5.53. The lowest BCUT2D eigenvalue weighted by molar-refractivity contribution is -0.253. The number of ether oxygens (including phenoxy) is 1. The lowest BCUT2D eigenvalue weighted by Gasteiger charge is -2.48. The molecule has 0 spiro atoms. The van der Waals surface area contributed by atoms with Gasteiger partial charge in [0.1, 0.15) is 5.75 Å². The third-order valence-electron chi connectivity index (χ3n) is 7.02. The van der Waals surface area contributed by atoms with E-state index in [9.17, 15) is 17.6 Å². The molecular weight excluding hydrogens is 368 g/mol. The SMILES string of the molecule is CCC[C@H]1CC[C@](c2ccc(OC(F)(F)C(F)F)cc2)(C2CCCCC2)CC1. The summed E-state index contributed by atoms with van der Waals surface area (Å²) in [6.45, 7) is 2.23. The maximum absolute atomic E-state index is 13.2. The van der Waals surface area contributed by atoms with Gasteiger partial charge in [-0.15, -0.1) is 0 Å². The van der Waals surface area contributed by atoms with E-state index in [-0.39, 0.29) is 11.2 Å². The molecule has 0 amide bonds. The van der Waals surface area contributed by atoms with Crippen LogP contribution >= 0.6 is 0 Å². The van der Waals surface area contributed by atoms with Crippen LogP contribution in [-0.2, 0) is 5.41 Å². The second-order valence-corrected chi connectivity index (χ2v) is 8.71. The van der Waals surface area contributed by atoms with Crippen molar-refractivity contribution in [2.24, 2.45) is 11.8 Å². The first-order chi connectivity index (χ1) is 13.4. The zero-order valence-corrected chi connectivity index (χ0v) is 16.7. The highest BCUT2D eigenvalue weighted by molar-refractivity contribution is 5.34. The number of alkyl halides is 4. The Kier molecular flexibility index (Phi) is 6.93. The molecular formula is C23H32F4O. The van der Waals surface area contributed by atoms with Crippen molar-refractivity contribution < 1.29 is 22.3 Å². The molecule has 5 heteroatoms. The summed E-state index contributed by atoms with van der Waals surface area (Å²) in [7, 11) is 0. The molecule has 0 unspecified atom stereocenters. The van der Waals surface area contributed by atoms with Crippen molar-refractivity contribution in [2.75, 3.05) is 0 Å². The fraction of sp³-hybridized carbons (Fsp3) is 0.739. The van der Waals surface area contributed by atoms with Crippen molar-refractivity contribution in [3.63, 3.8) is 0 Å². The molecule has 0 aliphatic heterocycles. The molecule has 0 atom stereocenters. The molecule has 28 heavy (non-hydrogen) atoms. The minimum absolute atomic E-state index is 0.0917. The van der Waals surface area contributed by atoms with Gasteiger partial charge in [0, 0.05) is 0 Å². The van der Waals surface area contributed by atoms with E-state index in [1.807, 2.05) is 12.1 Å². The van der Waals surface area contributed by atoms with E-state index in [0.29, 0.717) is 5.92 Å². The van der Waals surface area contributed by atoms with Crippen molar-refractivity contribution >= 4 is 0 Å². The third kappa shape index (κ3) is 4.65. The monoisotopic (exact) mass is 400 g/mol. The first kappa shape index (κ1) is 21.4. The molecule has 1 aromatic rings. The quantitative estimate of drug-likeness (QED) is 0.426. The average Bonchev–Trinajstić information content (AvgIpc) is 2.70. The van der Waals surface area contributed by atoms with Gasteiger partial charge in [-0.1, -0.05) is 51.2 Å². The van der Waals surface area contributed by atoms with E-state index in [4.69, 9.17) is 0 Å². The maximum atomic E-state index is 13.2. The van der Waals surface area contributed by atoms with Crippen molar-refractivity contribution in [2.45, 2.75) is 95.5 Å². The highest BCUT2D eigenvalue weighted by Crippen LogP contribution is 2.52. The van der Waals surface area contributed by atoms with Crippen molar-refractivity contribution in [1.82, 2.24) is 0 Å². The largest absolute Gasteiger partial charge is 0.461 e. The molecule has 3 rings (SSSR count). The number of hydrogen-bond acceptors (Lipinski definition) is 1. The molecule has 0 N–H and O–H groups in total. The minimum atomic E-state index is -4.46. The highest BCUT2D eigenvalue weighted by Gasteiger charge is 2.45. The Hall–Kier alpha value is -1.26. The van der Waals surface area contributed by atoms with Crippen LogP contribution < -0.4 is 4.74 Å². The molecule has 0 aromatic heterocycles. The first-order valence-electron chi connectivity index (χ1n) is 10.8. The summed E-state index contributed by atoms with van der Waals surface area (Å²) in [4.78, 5) is 0. The van der Waals surface area contributed by atoms with Crippen molar-refractivity contribution in [1.29, 1.82) is 0 Å². The van der Waals surface area contributed by atoms with Gasteiger partial charge in [-0.2, -0.15) is 17.6 Å². The Balaban J connectivity index is 1.80. The lowest BCUT2D eigenvalue weighted by Crippen LogP contribution is -2.40. The van der Waals surface area contributed by atoms with E-state index >= 15 is 0 Å². The molecule has 1 aromatic carbocycles. The zero-order valence-electron chi connectivity index (χ0n) is 16.7. The van der Waals surface area contributed by atoms with Crippen LogP contribution in [0.5, 0.6) is 5.75 Å². The molecule has 158 valence electrons. The summed E-state index contributed by atoms with van der Waals surface area (Å²) in [5.41, 5.74) is 1.26. The predicted molar refractivity (Wildman–Crippen MR) is 103 cm³/mol. The summed E-state index contributed by atoms with van der Waals surface area (Å²) in [6, 6.07) is 6.56. The Morgan fingerprint density at radius 3 is 2.14 bits per heavy atom. The van der Waals surface area contributed by atoms with Crippen LogP contribution in [0, 0.1) is 11.8 Å². The average molecular weight is 401 g/mol. The molecule has 0 saturated heterocycles. The number of benzene rings is 1. The van der Waals surface area contributed by atoms with Crippen molar-refractivity contribution in [3.8, 4) is 5.75 Å². The van der Waals surface area contributed by atoms with E-state index < -0.39 is 12.5 Å². The van der Waals surface area contributed by atoms with Gasteiger partial charge in [-0.3, -0.25) is 0 Å². The topological polar surface area (TPSA) is 9.23 Å². The molecule has 1 nitrogen and oxygen atoms in total. The van der Waals surface area contributed by atoms with Gasteiger partial charge in [0.25, 0.3) is 0 Å². The van der Waals surface area contributed by atoms with Crippen molar-refractivity contribution in [3.05, 3.63) is 29.8 Å². The van der Waals surface area contributed by atoms with Crippen LogP contribution in [0.4, 0.5) is 17.6 Å². The summed E-state index contributed by atoms with van der Waals surface area (Å²) in [5.74, 6) is 1.21. The van der Waals surface area contributed by atoms with Gasteiger partial charge in [0.15, 0.2) is 0 Å². The maximum Gasteiger partial charge on any atom is 0.461 e. The molecule has 0 bridgehead atoms. The molecule has 2 aliphatic rings. The molecule has 0 heterocycles. The molecule has 2 aliphatic carbocycles. The van der Waals surface area contributed by atoms with E-state index in [1.54, 1.807) is 0 Å². The second kappa shape index (κ2) is 9.04. The van der Waals surface area contributed by atoms with E-state index in [1.165, 1.54) is 75.5 Å². The van der Waals surface area contributed by atoms with Crippen LogP contribution in [0.15, 0.2) is 24.3 Å². The highest BCUT2D eigenvalue weighted by atomic mass is 19.3. The minimum Gasteiger partial charge on any atom is -0.428 e. The van der Waals surface area contributed by atoms with Crippen LogP contribution in [-0.4, -0.2) is 12.5 Å². The summed E-state index contributed by atoms with van der Waals surface area (Å²) in [5, 5.41) is 0. The predicted octanol–water partition coefficient (Wildman–Crippen LogP) is 7.73. The second-order valence-electron chi connectivity index (χ2n) is 8.71. The van der Waals surface area contributed by atoms with Crippen LogP contribution in [0.25, 0.3) is 0 Å². The van der Waals surface area contributed by atoms with E-state index in [0.717, 1.165) is 18.8 Å². The fourth-order valence-corrected chi connectivity index (χ4v) is 5.53. The summed E-state index contributed by atoms with van der Waals surface area (Å²) >= 11 is 0. The Labute approximate surface area is 165 Å². The van der Waals surface area contributed by atoms with Gasteiger partial charge in [0.2, 0.25) is 0 Å². The van der Waals surface area contributed by atoms with Gasteiger partial charge < -0.3 is 4.74 Å². The Bertz CT molecular complexity index is 600. The first-order valence-corrected chi connectivity index (χ1v) is 10.8. The Morgan fingerprint density at radius 2 is 1.61 bits per heavy atom. The third-order valence-corrected chi connectivity index (χ3v) is 7.02. The summed E-state index contributed by atoms with van der Waals surface area (Å²) < 4.78 is 55.4. The lowest BCUT2D eigenvalue weighted by atomic mass is 9.57. The normalized spacial score (nSPS) is 27.1. The molecule has 2 saturated carbocycles. The van der Waals surface area contributed by atoms with E-state index in [2.05, 4.69) is 11.7 Å². The van der Waals surface area contributed by atoms with Gasteiger partial charge in [0.05, 0.1) is 0 Å². The number of halogens is 4. The Morgan fingerprint density at radius 1 is 1.00 bits per heavy atom. The standard InChI is InChI=1S/C23H32F4O/c1-2-6-17-13-15-22(16-14-17,18-7-4-3-5-8-18)19-9-11-20(12-10-19)28-23(26,27)21(24)25/h9-12,17-18,21H,2-8,13-16H2,1H3/t17-,22+. The molecule has 0 radical (unpaired) electrons. The van der Waals surface area contributed by atoms with Gasteiger partial charge in [-0.25, -0.2) is 0 Å². The van der Waals surface area contributed by atoms with Crippen LogP contribution in [0.2, 0.25) is 0 Å². The number of hydrogen-bond donors (Lipinski definition) is 0. The van der Waals surface area contributed by atoms with Gasteiger partial charge >= 0.3 is 12.5 Å². The summed E-state index contributed by atoms with van der Waals surface area (Å²) in [6.07, 6.45) is 5.14. The number of rotatable bonds is 7. The molecule has 2 fully saturated rings. The zero-order chi connectivity index (χ0) is 20.2. The smallest absolute Gasteiger partial charge is 0.428 e.